The van der Waals surface area contributed by atoms with E-state index < -0.39 is 0 Å². The molecular formula is C23H18N2O3S2. The number of thioether (sulfide) groups is 1. The summed E-state index contributed by atoms with van der Waals surface area (Å²) >= 11 is 6.71. The summed E-state index contributed by atoms with van der Waals surface area (Å²) in [5.41, 5.74) is 2.61. The number of hydrogen-bond donors (Lipinski definition) is 0. The first-order valence-corrected chi connectivity index (χ1v) is 10.4. The molecule has 1 saturated heterocycles. The maximum Gasteiger partial charge on any atom is 0.270 e. The Balaban J connectivity index is 1.53. The highest BCUT2D eigenvalue weighted by atomic mass is 32.2. The number of nitrogens with zero attached hydrogens (tertiary/aromatic N) is 2. The van der Waals surface area contributed by atoms with Crippen molar-refractivity contribution < 1.29 is 14.3 Å². The van der Waals surface area contributed by atoms with Crippen LogP contribution in [0.1, 0.15) is 11.1 Å². The van der Waals surface area contributed by atoms with Crippen molar-refractivity contribution in [3.05, 3.63) is 89.1 Å². The molecule has 7 heteroatoms. The lowest BCUT2D eigenvalue weighted by Gasteiger charge is -2.14. The molecule has 0 unspecified atom stereocenters. The number of aromatic nitrogens is 1. The number of hydrogen-bond acceptors (Lipinski definition) is 6. The van der Waals surface area contributed by atoms with E-state index in [2.05, 4.69) is 4.98 Å². The molecule has 4 rings (SSSR count). The van der Waals surface area contributed by atoms with Gasteiger partial charge in [0.2, 0.25) is 0 Å². The van der Waals surface area contributed by atoms with E-state index in [1.807, 2.05) is 66.7 Å². The second kappa shape index (κ2) is 9.11. The van der Waals surface area contributed by atoms with Crippen LogP contribution in [0, 0.1) is 0 Å². The Morgan fingerprint density at radius 3 is 2.57 bits per heavy atom. The number of methoxy groups -OCH3 is 1. The topological polar surface area (TPSA) is 51.7 Å². The van der Waals surface area contributed by atoms with Crippen LogP contribution in [-0.4, -0.2) is 22.3 Å². The van der Waals surface area contributed by atoms with Gasteiger partial charge in [-0.05, 0) is 53.6 Å². The second-order valence-electron chi connectivity index (χ2n) is 6.41. The number of ether oxygens (including phenoxy) is 2. The number of thiocarbonyl (C=S) groups is 1. The van der Waals surface area contributed by atoms with Crippen LogP contribution in [0.5, 0.6) is 11.5 Å². The number of benzene rings is 2. The molecule has 0 spiro atoms. The van der Waals surface area contributed by atoms with Crippen LogP contribution in [0.15, 0.2) is 78.0 Å². The monoisotopic (exact) mass is 434 g/mol. The molecule has 30 heavy (non-hydrogen) atoms. The molecule has 0 radical (unpaired) electrons. The highest BCUT2D eigenvalue weighted by molar-refractivity contribution is 8.27. The number of para-hydroxylation sites is 1. The number of carbonyl (C=O) groups is 1. The smallest absolute Gasteiger partial charge is 0.270 e. The van der Waals surface area contributed by atoms with Gasteiger partial charge >= 0.3 is 0 Å². The van der Waals surface area contributed by atoms with Crippen LogP contribution >= 0.6 is 24.0 Å². The van der Waals surface area contributed by atoms with Gasteiger partial charge in [0.1, 0.15) is 6.61 Å². The zero-order valence-corrected chi connectivity index (χ0v) is 17.8. The molecule has 0 atom stereocenters. The first-order valence-electron chi connectivity index (χ1n) is 9.18. The molecule has 150 valence electrons. The van der Waals surface area contributed by atoms with Crippen LogP contribution in [-0.2, 0) is 11.4 Å². The SMILES string of the molecule is COc1cc(/C=C2\SC(=S)N(c3ccccc3)C2=O)ccc1OCc1ccncc1. The van der Waals surface area contributed by atoms with Crippen molar-refractivity contribution in [1.29, 1.82) is 0 Å². The van der Waals surface area contributed by atoms with Gasteiger partial charge in [0.15, 0.2) is 15.8 Å². The normalized spacial score (nSPS) is 15.0. The molecule has 0 aliphatic carbocycles. The van der Waals surface area contributed by atoms with Gasteiger partial charge in [-0.2, -0.15) is 0 Å². The fraction of sp³-hybridized carbons (Fsp3) is 0.0870. The van der Waals surface area contributed by atoms with Gasteiger partial charge in [-0.1, -0.05) is 48.2 Å². The molecule has 1 aromatic heterocycles. The molecule has 2 aromatic carbocycles. The Kier molecular flexibility index (Phi) is 6.11. The Morgan fingerprint density at radius 1 is 1.07 bits per heavy atom. The number of anilines is 1. The fourth-order valence-corrected chi connectivity index (χ4v) is 4.25. The third-order valence-electron chi connectivity index (χ3n) is 4.44. The molecule has 5 nitrogen and oxygen atoms in total. The summed E-state index contributed by atoms with van der Waals surface area (Å²) in [4.78, 5) is 19.0. The molecule has 0 saturated carbocycles. The lowest BCUT2D eigenvalue weighted by Crippen LogP contribution is -2.27. The van der Waals surface area contributed by atoms with Gasteiger partial charge in [0, 0.05) is 12.4 Å². The minimum atomic E-state index is -0.131. The van der Waals surface area contributed by atoms with E-state index in [-0.39, 0.29) is 5.91 Å². The van der Waals surface area contributed by atoms with E-state index >= 15 is 0 Å². The molecule has 1 fully saturated rings. The van der Waals surface area contributed by atoms with E-state index in [1.54, 1.807) is 24.4 Å². The van der Waals surface area contributed by atoms with E-state index in [4.69, 9.17) is 21.7 Å². The zero-order chi connectivity index (χ0) is 20.9. The molecular weight excluding hydrogens is 416 g/mol. The van der Waals surface area contributed by atoms with Crippen molar-refractivity contribution in [2.24, 2.45) is 0 Å². The lowest BCUT2D eigenvalue weighted by molar-refractivity contribution is -0.113. The first-order chi connectivity index (χ1) is 14.7. The van der Waals surface area contributed by atoms with Crippen molar-refractivity contribution in [2.75, 3.05) is 12.0 Å². The van der Waals surface area contributed by atoms with Crippen molar-refractivity contribution in [3.63, 3.8) is 0 Å². The van der Waals surface area contributed by atoms with Crippen LogP contribution in [0.4, 0.5) is 5.69 Å². The largest absolute Gasteiger partial charge is 0.493 e. The summed E-state index contributed by atoms with van der Waals surface area (Å²) in [6, 6.07) is 18.8. The molecule has 0 N–H and O–H groups in total. The zero-order valence-electron chi connectivity index (χ0n) is 16.1. The highest BCUT2D eigenvalue weighted by Crippen LogP contribution is 2.37. The van der Waals surface area contributed by atoms with Crippen molar-refractivity contribution in [1.82, 2.24) is 4.98 Å². The highest BCUT2D eigenvalue weighted by Gasteiger charge is 2.33. The molecule has 0 bridgehead atoms. The first kappa shape index (κ1) is 20.1. The van der Waals surface area contributed by atoms with Crippen LogP contribution in [0.2, 0.25) is 0 Å². The number of carbonyl (C=O) groups excluding carboxylic acids is 1. The lowest BCUT2D eigenvalue weighted by atomic mass is 10.1. The third-order valence-corrected chi connectivity index (χ3v) is 5.74. The Bertz CT molecular complexity index is 1100. The van der Waals surface area contributed by atoms with Gasteiger partial charge in [-0.25, -0.2) is 0 Å². The summed E-state index contributed by atoms with van der Waals surface area (Å²) in [7, 11) is 1.59. The average Bonchev–Trinajstić information content (AvgIpc) is 3.06. The maximum atomic E-state index is 12.9. The van der Waals surface area contributed by atoms with Gasteiger partial charge in [0.25, 0.3) is 5.91 Å². The predicted octanol–water partition coefficient (Wildman–Crippen LogP) is 5.08. The Labute approximate surface area is 184 Å². The molecule has 1 aliphatic heterocycles. The average molecular weight is 435 g/mol. The van der Waals surface area contributed by atoms with Gasteiger partial charge in [0.05, 0.1) is 17.7 Å². The number of amides is 1. The van der Waals surface area contributed by atoms with Gasteiger partial charge < -0.3 is 9.47 Å². The predicted molar refractivity (Wildman–Crippen MR) is 124 cm³/mol. The summed E-state index contributed by atoms with van der Waals surface area (Å²) in [6.45, 7) is 0.411. The molecule has 1 amide bonds. The summed E-state index contributed by atoms with van der Waals surface area (Å²) < 4.78 is 11.9. The fourth-order valence-electron chi connectivity index (χ4n) is 2.95. The van der Waals surface area contributed by atoms with Crippen molar-refractivity contribution in [2.45, 2.75) is 6.61 Å². The van der Waals surface area contributed by atoms with E-state index in [1.165, 1.54) is 11.8 Å². The van der Waals surface area contributed by atoms with Gasteiger partial charge in [-0.3, -0.25) is 14.7 Å². The van der Waals surface area contributed by atoms with Crippen LogP contribution in [0.25, 0.3) is 6.08 Å². The second-order valence-corrected chi connectivity index (χ2v) is 8.08. The Morgan fingerprint density at radius 2 is 1.83 bits per heavy atom. The van der Waals surface area contributed by atoms with Crippen LogP contribution in [0.3, 0.4) is 0 Å². The quantitative estimate of drug-likeness (QED) is 0.399. The molecule has 1 aliphatic rings. The molecule has 3 aromatic rings. The van der Waals surface area contributed by atoms with Crippen molar-refractivity contribution in [3.8, 4) is 11.5 Å². The summed E-state index contributed by atoms with van der Waals surface area (Å²) in [5.74, 6) is 1.09. The van der Waals surface area contributed by atoms with E-state index in [0.717, 1.165) is 16.8 Å². The van der Waals surface area contributed by atoms with E-state index in [9.17, 15) is 4.79 Å². The summed E-state index contributed by atoms with van der Waals surface area (Å²) in [5, 5.41) is 0. The minimum Gasteiger partial charge on any atom is -0.493 e. The van der Waals surface area contributed by atoms with Crippen molar-refractivity contribution >= 4 is 46.0 Å². The van der Waals surface area contributed by atoms with E-state index in [0.29, 0.717) is 27.3 Å². The number of pyridine rings is 1. The van der Waals surface area contributed by atoms with Gasteiger partial charge in [-0.15, -0.1) is 0 Å². The van der Waals surface area contributed by atoms with Crippen LogP contribution < -0.4 is 14.4 Å². The maximum absolute atomic E-state index is 12.9. The third kappa shape index (κ3) is 4.37. The summed E-state index contributed by atoms with van der Waals surface area (Å²) in [6.07, 6.45) is 5.27. The standard InChI is InChI=1S/C23H18N2O3S2/c1-27-20-13-17(7-8-19(20)28-15-16-9-11-24-12-10-16)14-21-22(26)25(23(29)30-21)18-5-3-2-4-6-18/h2-14H,15H2,1H3/b21-14-. The number of rotatable bonds is 6. The Hall–Kier alpha value is -3.16. The molecule has 2 heterocycles. The minimum absolute atomic E-state index is 0.131.